The zero-order chi connectivity index (χ0) is 17.3. The molecule has 0 fully saturated rings. The first-order valence-corrected chi connectivity index (χ1v) is 7.95. The Morgan fingerprint density at radius 1 is 0.920 bits per heavy atom. The summed E-state index contributed by atoms with van der Waals surface area (Å²) in [5, 5.41) is 2.67. The van der Waals surface area contributed by atoms with Gasteiger partial charge in [-0.1, -0.05) is 30.3 Å². The van der Waals surface area contributed by atoms with E-state index in [9.17, 15) is 4.79 Å². The number of rotatable bonds is 6. The summed E-state index contributed by atoms with van der Waals surface area (Å²) in [4.78, 5) is 15.8. The average molecular weight is 334 g/mol. The second-order valence-electron chi connectivity index (χ2n) is 5.31. The summed E-state index contributed by atoms with van der Waals surface area (Å²) in [6.07, 6.45) is 3.63. The highest BCUT2D eigenvalue weighted by Gasteiger charge is 2.05. The van der Waals surface area contributed by atoms with E-state index in [4.69, 9.17) is 9.47 Å². The summed E-state index contributed by atoms with van der Waals surface area (Å²) >= 11 is 0. The van der Waals surface area contributed by atoms with Crippen molar-refractivity contribution in [3.8, 4) is 11.5 Å². The molecule has 0 saturated heterocycles. The molecule has 0 bridgehead atoms. The SMILES string of the molecule is O=C(Nc1ccccc1)Oc1ccc(CCOc2cccnc2)cc1. The molecule has 2 aromatic carbocycles. The average Bonchev–Trinajstić information content (AvgIpc) is 2.65. The largest absolute Gasteiger partial charge is 0.492 e. The number of nitrogens with one attached hydrogen (secondary N) is 1. The molecule has 1 N–H and O–H groups in total. The predicted molar refractivity (Wildman–Crippen MR) is 96.0 cm³/mol. The Morgan fingerprint density at radius 3 is 2.44 bits per heavy atom. The first kappa shape index (κ1) is 16.5. The lowest BCUT2D eigenvalue weighted by molar-refractivity contribution is 0.215. The maximum absolute atomic E-state index is 11.8. The summed E-state index contributed by atoms with van der Waals surface area (Å²) in [5.41, 5.74) is 1.79. The van der Waals surface area contributed by atoms with E-state index in [1.807, 2.05) is 42.5 Å². The second-order valence-corrected chi connectivity index (χ2v) is 5.31. The number of hydrogen-bond acceptors (Lipinski definition) is 4. The van der Waals surface area contributed by atoms with Crippen molar-refractivity contribution in [3.05, 3.63) is 84.7 Å². The van der Waals surface area contributed by atoms with Crippen LogP contribution >= 0.6 is 0 Å². The Bertz CT molecular complexity index is 790. The third kappa shape index (κ3) is 5.35. The van der Waals surface area contributed by atoms with Gasteiger partial charge in [-0.05, 0) is 42.0 Å². The first-order valence-electron chi connectivity index (χ1n) is 7.95. The molecule has 0 aliphatic heterocycles. The highest BCUT2D eigenvalue weighted by atomic mass is 16.6. The van der Waals surface area contributed by atoms with Crippen molar-refractivity contribution in [3.63, 3.8) is 0 Å². The molecule has 0 spiro atoms. The van der Waals surface area contributed by atoms with Crippen LogP contribution in [0.25, 0.3) is 0 Å². The summed E-state index contributed by atoms with van der Waals surface area (Å²) in [6, 6.07) is 20.2. The molecule has 126 valence electrons. The van der Waals surface area contributed by atoms with Crippen LogP contribution in [0.4, 0.5) is 10.5 Å². The lowest BCUT2D eigenvalue weighted by atomic mass is 10.1. The van der Waals surface area contributed by atoms with E-state index in [0.717, 1.165) is 17.7 Å². The Labute approximate surface area is 146 Å². The maximum atomic E-state index is 11.8. The molecule has 1 amide bonds. The van der Waals surface area contributed by atoms with Crippen molar-refractivity contribution in [1.82, 2.24) is 4.98 Å². The number of carbonyl (C=O) groups is 1. The number of carbonyl (C=O) groups excluding carboxylic acids is 1. The van der Waals surface area contributed by atoms with Gasteiger partial charge in [0, 0.05) is 18.3 Å². The molecule has 5 nitrogen and oxygen atoms in total. The van der Waals surface area contributed by atoms with Crippen molar-refractivity contribution in [2.24, 2.45) is 0 Å². The molecule has 0 saturated carbocycles. The summed E-state index contributed by atoms with van der Waals surface area (Å²) in [5.74, 6) is 1.24. The normalized spacial score (nSPS) is 10.1. The number of hydrogen-bond donors (Lipinski definition) is 1. The first-order chi connectivity index (χ1) is 12.3. The number of benzene rings is 2. The van der Waals surface area contributed by atoms with E-state index >= 15 is 0 Å². The topological polar surface area (TPSA) is 60.5 Å². The Balaban J connectivity index is 1.46. The van der Waals surface area contributed by atoms with Crippen LogP contribution in [0.2, 0.25) is 0 Å². The predicted octanol–water partition coefficient (Wildman–Crippen LogP) is 4.31. The number of nitrogens with zero attached hydrogens (tertiary/aromatic N) is 1. The molecule has 0 radical (unpaired) electrons. The zero-order valence-corrected chi connectivity index (χ0v) is 13.6. The van der Waals surface area contributed by atoms with E-state index in [0.29, 0.717) is 18.0 Å². The molecule has 1 aromatic heterocycles. The molecule has 0 aliphatic carbocycles. The summed E-state index contributed by atoms with van der Waals surface area (Å²) < 4.78 is 10.9. The van der Waals surface area contributed by atoms with E-state index in [-0.39, 0.29) is 0 Å². The van der Waals surface area contributed by atoms with Gasteiger partial charge in [0.05, 0.1) is 12.8 Å². The fourth-order valence-corrected chi connectivity index (χ4v) is 2.22. The summed E-state index contributed by atoms with van der Waals surface area (Å²) in [6.45, 7) is 0.556. The quantitative estimate of drug-likeness (QED) is 0.729. The standard InChI is InChI=1S/C20H18N2O3/c23-20(22-17-5-2-1-3-6-17)25-18-10-8-16(9-11-18)12-14-24-19-7-4-13-21-15-19/h1-11,13,15H,12,14H2,(H,22,23). The van der Waals surface area contributed by atoms with Crippen molar-refractivity contribution in [2.75, 3.05) is 11.9 Å². The lowest BCUT2D eigenvalue weighted by Gasteiger charge is -2.08. The molecule has 0 aliphatic rings. The Hall–Kier alpha value is -3.34. The van der Waals surface area contributed by atoms with Crippen molar-refractivity contribution in [2.45, 2.75) is 6.42 Å². The van der Waals surface area contributed by atoms with Crippen LogP contribution in [-0.4, -0.2) is 17.7 Å². The van der Waals surface area contributed by atoms with Gasteiger partial charge in [-0.25, -0.2) is 4.79 Å². The van der Waals surface area contributed by atoms with Gasteiger partial charge < -0.3 is 9.47 Å². The molecule has 5 heteroatoms. The molecule has 3 aromatic rings. The third-order valence-electron chi connectivity index (χ3n) is 3.45. The molecular weight excluding hydrogens is 316 g/mol. The van der Waals surface area contributed by atoms with E-state index in [1.54, 1.807) is 36.7 Å². The van der Waals surface area contributed by atoms with Crippen LogP contribution in [0.3, 0.4) is 0 Å². The fourth-order valence-electron chi connectivity index (χ4n) is 2.22. The van der Waals surface area contributed by atoms with Crippen LogP contribution < -0.4 is 14.8 Å². The van der Waals surface area contributed by atoms with Gasteiger partial charge in [0.2, 0.25) is 0 Å². The maximum Gasteiger partial charge on any atom is 0.417 e. The van der Waals surface area contributed by atoms with Gasteiger partial charge >= 0.3 is 6.09 Å². The molecule has 0 unspecified atom stereocenters. The highest BCUT2D eigenvalue weighted by molar-refractivity contribution is 5.86. The number of ether oxygens (including phenoxy) is 2. The van der Waals surface area contributed by atoms with Gasteiger partial charge in [0.25, 0.3) is 0 Å². The Morgan fingerprint density at radius 2 is 1.72 bits per heavy atom. The van der Waals surface area contributed by atoms with Gasteiger partial charge in [-0.2, -0.15) is 0 Å². The molecule has 25 heavy (non-hydrogen) atoms. The zero-order valence-electron chi connectivity index (χ0n) is 13.6. The number of aromatic nitrogens is 1. The van der Waals surface area contributed by atoms with Crippen molar-refractivity contribution in [1.29, 1.82) is 0 Å². The minimum atomic E-state index is -0.515. The minimum Gasteiger partial charge on any atom is -0.492 e. The van der Waals surface area contributed by atoms with E-state index < -0.39 is 6.09 Å². The van der Waals surface area contributed by atoms with Crippen molar-refractivity contribution < 1.29 is 14.3 Å². The van der Waals surface area contributed by atoms with Crippen LogP contribution in [0.15, 0.2) is 79.1 Å². The van der Waals surface area contributed by atoms with Crippen LogP contribution in [0.5, 0.6) is 11.5 Å². The smallest absolute Gasteiger partial charge is 0.417 e. The second kappa shape index (κ2) is 8.49. The fraction of sp³-hybridized carbons (Fsp3) is 0.100. The van der Waals surface area contributed by atoms with Gasteiger partial charge in [-0.15, -0.1) is 0 Å². The van der Waals surface area contributed by atoms with Gasteiger partial charge in [0.1, 0.15) is 11.5 Å². The van der Waals surface area contributed by atoms with E-state index in [2.05, 4.69) is 10.3 Å². The number of para-hydroxylation sites is 1. The van der Waals surface area contributed by atoms with Crippen LogP contribution in [0, 0.1) is 0 Å². The monoisotopic (exact) mass is 334 g/mol. The van der Waals surface area contributed by atoms with Gasteiger partial charge in [-0.3, -0.25) is 10.3 Å². The molecule has 0 atom stereocenters. The minimum absolute atomic E-state index is 0.491. The summed E-state index contributed by atoms with van der Waals surface area (Å²) in [7, 11) is 0. The number of amides is 1. The molecule has 3 rings (SSSR count). The number of pyridine rings is 1. The highest BCUT2D eigenvalue weighted by Crippen LogP contribution is 2.15. The molecule has 1 heterocycles. The van der Waals surface area contributed by atoms with Gasteiger partial charge in [0.15, 0.2) is 0 Å². The van der Waals surface area contributed by atoms with Crippen molar-refractivity contribution >= 4 is 11.8 Å². The lowest BCUT2D eigenvalue weighted by Crippen LogP contribution is -2.16. The molecular formula is C20H18N2O3. The van der Waals surface area contributed by atoms with Crippen LogP contribution in [-0.2, 0) is 6.42 Å². The number of anilines is 1. The Kier molecular flexibility index (Phi) is 5.61. The van der Waals surface area contributed by atoms with Crippen LogP contribution in [0.1, 0.15) is 5.56 Å². The van der Waals surface area contributed by atoms with E-state index in [1.165, 1.54) is 0 Å². The third-order valence-corrected chi connectivity index (χ3v) is 3.45.